The zero-order chi connectivity index (χ0) is 17.4. The average molecular weight is 351 g/mol. The second kappa shape index (κ2) is 9.30. The molecule has 0 unspecified atom stereocenters. The second-order valence-corrected chi connectivity index (χ2v) is 5.61. The fraction of sp³-hybridized carbons (Fsp3) is 0.412. The van der Waals surface area contributed by atoms with Crippen LogP contribution in [-0.4, -0.2) is 46.8 Å². The van der Waals surface area contributed by atoms with E-state index in [0.29, 0.717) is 23.0 Å². The van der Waals surface area contributed by atoms with Gasteiger partial charge in [0.05, 0.1) is 5.02 Å². The Balaban J connectivity index is 1.89. The number of nitrogens with one attached hydrogen (secondary N) is 1. The Hall–Kier alpha value is -2.05. The van der Waals surface area contributed by atoms with E-state index in [1.807, 2.05) is 12.1 Å². The van der Waals surface area contributed by atoms with E-state index in [9.17, 15) is 4.79 Å². The molecule has 0 spiro atoms. The largest absolute Gasteiger partial charge is 0.470 e. The Bertz CT molecular complexity index is 656. The molecule has 0 atom stereocenters. The van der Waals surface area contributed by atoms with Crippen LogP contribution in [-0.2, 0) is 6.73 Å². The van der Waals surface area contributed by atoms with E-state index in [2.05, 4.69) is 29.2 Å². The van der Waals surface area contributed by atoms with Gasteiger partial charge >= 0.3 is 0 Å². The van der Waals surface area contributed by atoms with Crippen LogP contribution in [0.3, 0.4) is 0 Å². The van der Waals surface area contributed by atoms with Gasteiger partial charge in [-0.05, 0) is 31.3 Å². The fourth-order valence-corrected chi connectivity index (χ4v) is 2.47. The third-order valence-electron chi connectivity index (χ3n) is 3.74. The number of hydrogen-bond acceptors (Lipinski definition) is 4. The van der Waals surface area contributed by atoms with Crippen LogP contribution in [0.25, 0.3) is 0 Å². The molecule has 1 aromatic carbocycles. The van der Waals surface area contributed by atoms with Gasteiger partial charge in [0.25, 0.3) is 5.91 Å². The lowest BCUT2D eigenvalue weighted by Crippen LogP contribution is -2.35. The molecule has 0 aliphatic heterocycles. The summed E-state index contributed by atoms with van der Waals surface area (Å²) in [4.78, 5) is 14.5. The smallest absolute Gasteiger partial charge is 0.269 e. The van der Waals surface area contributed by atoms with Gasteiger partial charge in [0, 0.05) is 19.3 Å². The van der Waals surface area contributed by atoms with Crippen molar-refractivity contribution in [2.24, 2.45) is 0 Å². The maximum absolute atomic E-state index is 12.3. The van der Waals surface area contributed by atoms with Gasteiger partial charge in [0.1, 0.15) is 11.4 Å². The molecule has 2 rings (SSSR count). The lowest BCUT2D eigenvalue weighted by Gasteiger charge is -2.18. The number of halogens is 1. The van der Waals surface area contributed by atoms with Gasteiger partial charge in [-0.25, -0.2) is 4.68 Å². The molecule has 1 amide bonds. The number of nitrogens with zero attached hydrogens (tertiary/aromatic N) is 3. The Morgan fingerprint density at radius 1 is 1.29 bits per heavy atom. The fourth-order valence-electron chi connectivity index (χ4n) is 2.28. The summed E-state index contributed by atoms with van der Waals surface area (Å²) >= 11 is 6.05. The normalized spacial score (nSPS) is 10.8. The molecule has 2 aromatic rings. The molecule has 0 aliphatic carbocycles. The molecule has 24 heavy (non-hydrogen) atoms. The molecule has 0 radical (unpaired) electrons. The van der Waals surface area contributed by atoms with Crippen molar-refractivity contribution in [2.75, 3.05) is 26.2 Å². The van der Waals surface area contributed by atoms with Crippen molar-refractivity contribution in [3.05, 3.63) is 47.2 Å². The first-order chi connectivity index (χ1) is 11.7. The maximum atomic E-state index is 12.3. The number of ether oxygens (including phenoxy) is 1. The van der Waals surface area contributed by atoms with Gasteiger partial charge in [-0.3, -0.25) is 4.79 Å². The third-order valence-corrected chi connectivity index (χ3v) is 4.05. The van der Waals surface area contributed by atoms with Crippen LogP contribution >= 0.6 is 11.6 Å². The van der Waals surface area contributed by atoms with Crippen molar-refractivity contribution in [2.45, 2.75) is 20.6 Å². The van der Waals surface area contributed by atoms with Crippen LogP contribution < -0.4 is 10.1 Å². The summed E-state index contributed by atoms with van der Waals surface area (Å²) in [5, 5.41) is 7.57. The summed E-state index contributed by atoms with van der Waals surface area (Å²) < 4.78 is 7.14. The molecule has 7 heteroatoms. The molecular weight excluding hydrogens is 328 g/mol. The summed E-state index contributed by atoms with van der Waals surface area (Å²) in [6.07, 6.45) is 1.58. The van der Waals surface area contributed by atoms with E-state index < -0.39 is 0 Å². The average Bonchev–Trinajstić information content (AvgIpc) is 3.06. The number of aromatic nitrogens is 2. The predicted molar refractivity (Wildman–Crippen MR) is 94.4 cm³/mol. The number of benzene rings is 1. The molecule has 1 heterocycles. The van der Waals surface area contributed by atoms with Crippen molar-refractivity contribution in [3.63, 3.8) is 0 Å². The molecule has 0 saturated heterocycles. The SMILES string of the molecule is CCN(CC)CCNC(=O)c1ccnn1COc1ccccc1Cl. The van der Waals surface area contributed by atoms with Crippen molar-refractivity contribution in [3.8, 4) is 5.75 Å². The molecular formula is C17H23ClN4O2. The number of para-hydroxylation sites is 1. The molecule has 130 valence electrons. The van der Waals surface area contributed by atoms with Crippen LogP contribution in [0.15, 0.2) is 36.5 Å². The number of carbonyl (C=O) groups is 1. The molecule has 6 nitrogen and oxygen atoms in total. The molecule has 0 bridgehead atoms. The first-order valence-corrected chi connectivity index (χ1v) is 8.43. The van der Waals surface area contributed by atoms with E-state index in [1.165, 1.54) is 4.68 Å². The summed E-state index contributed by atoms with van der Waals surface area (Å²) in [7, 11) is 0. The topological polar surface area (TPSA) is 59.4 Å². The molecule has 0 aliphatic rings. The van der Waals surface area contributed by atoms with Gasteiger partial charge in [-0.1, -0.05) is 37.6 Å². The highest BCUT2D eigenvalue weighted by molar-refractivity contribution is 6.32. The second-order valence-electron chi connectivity index (χ2n) is 5.20. The Morgan fingerprint density at radius 2 is 2.04 bits per heavy atom. The van der Waals surface area contributed by atoms with Crippen molar-refractivity contribution in [1.82, 2.24) is 20.0 Å². The van der Waals surface area contributed by atoms with Crippen LogP contribution in [0.2, 0.25) is 5.02 Å². The van der Waals surface area contributed by atoms with Gasteiger partial charge in [-0.15, -0.1) is 0 Å². The lowest BCUT2D eigenvalue weighted by molar-refractivity contribution is 0.0927. The maximum Gasteiger partial charge on any atom is 0.269 e. The number of carbonyl (C=O) groups excluding carboxylic acids is 1. The Kier molecular flexibility index (Phi) is 7.08. The zero-order valence-corrected chi connectivity index (χ0v) is 14.8. The number of rotatable bonds is 9. The van der Waals surface area contributed by atoms with E-state index in [-0.39, 0.29) is 12.6 Å². The summed E-state index contributed by atoms with van der Waals surface area (Å²) in [6, 6.07) is 8.86. The zero-order valence-electron chi connectivity index (χ0n) is 14.0. The van der Waals surface area contributed by atoms with E-state index in [0.717, 1.165) is 19.6 Å². The van der Waals surface area contributed by atoms with Crippen molar-refractivity contribution >= 4 is 17.5 Å². The highest BCUT2D eigenvalue weighted by Gasteiger charge is 2.12. The molecule has 0 fully saturated rings. The van der Waals surface area contributed by atoms with Crippen molar-refractivity contribution < 1.29 is 9.53 Å². The molecule has 1 N–H and O–H groups in total. The Morgan fingerprint density at radius 3 is 2.75 bits per heavy atom. The Labute approximate surface area is 147 Å². The summed E-state index contributed by atoms with van der Waals surface area (Å²) in [6.45, 7) is 7.68. The minimum atomic E-state index is -0.164. The number of likely N-dealkylation sites (N-methyl/N-ethyl adjacent to an activating group) is 1. The van der Waals surface area contributed by atoms with Crippen molar-refractivity contribution in [1.29, 1.82) is 0 Å². The van der Waals surface area contributed by atoms with E-state index in [4.69, 9.17) is 16.3 Å². The molecule has 0 saturated carbocycles. The standard InChI is InChI=1S/C17H23ClN4O2/c1-3-21(4-2)12-11-19-17(23)15-9-10-20-22(15)13-24-16-8-6-5-7-14(16)18/h5-10H,3-4,11-13H2,1-2H3,(H,19,23). The van der Waals surface area contributed by atoms with Crippen LogP contribution in [0.1, 0.15) is 24.3 Å². The predicted octanol–water partition coefficient (Wildman–Crippen LogP) is 2.64. The lowest BCUT2D eigenvalue weighted by atomic mass is 10.3. The van der Waals surface area contributed by atoms with Gasteiger partial charge in [0.2, 0.25) is 0 Å². The van der Waals surface area contributed by atoms with Crippen LogP contribution in [0.5, 0.6) is 5.75 Å². The monoisotopic (exact) mass is 350 g/mol. The number of hydrogen-bond donors (Lipinski definition) is 1. The van der Waals surface area contributed by atoms with E-state index in [1.54, 1.807) is 24.4 Å². The van der Waals surface area contributed by atoms with Gasteiger partial charge < -0.3 is 15.0 Å². The first kappa shape index (κ1) is 18.3. The van der Waals surface area contributed by atoms with E-state index >= 15 is 0 Å². The summed E-state index contributed by atoms with van der Waals surface area (Å²) in [5.41, 5.74) is 0.460. The molecule has 1 aromatic heterocycles. The van der Waals surface area contributed by atoms with Gasteiger partial charge in [0.15, 0.2) is 6.73 Å². The van der Waals surface area contributed by atoms with Gasteiger partial charge in [-0.2, -0.15) is 5.10 Å². The van der Waals surface area contributed by atoms with Crippen LogP contribution in [0, 0.1) is 0 Å². The number of amides is 1. The summed E-state index contributed by atoms with van der Waals surface area (Å²) in [5.74, 6) is 0.393. The minimum absolute atomic E-state index is 0.121. The third kappa shape index (κ3) is 4.97. The minimum Gasteiger partial charge on any atom is -0.470 e. The highest BCUT2D eigenvalue weighted by atomic mass is 35.5. The quantitative estimate of drug-likeness (QED) is 0.755. The van der Waals surface area contributed by atoms with Crippen LogP contribution in [0.4, 0.5) is 0 Å². The highest BCUT2D eigenvalue weighted by Crippen LogP contribution is 2.23. The first-order valence-electron chi connectivity index (χ1n) is 8.05.